The van der Waals surface area contributed by atoms with Crippen LogP contribution in [-0.2, 0) is 25.3 Å². The van der Waals surface area contributed by atoms with Crippen LogP contribution in [0.1, 0.15) is 44.0 Å². The number of benzene rings is 2. The number of nitrogens with zero attached hydrogens (tertiary/aromatic N) is 3. The van der Waals surface area contributed by atoms with Gasteiger partial charge in [-0.2, -0.15) is 0 Å². The molecule has 15 heteroatoms. The summed E-state index contributed by atoms with van der Waals surface area (Å²) in [5.74, 6) is -2.33. The number of anilines is 2. The lowest BCUT2D eigenvalue weighted by Crippen LogP contribution is -2.65. The van der Waals surface area contributed by atoms with Crippen molar-refractivity contribution in [1.29, 1.82) is 0 Å². The van der Waals surface area contributed by atoms with Crippen LogP contribution in [0.2, 0.25) is 0 Å². The quantitative estimate of drug-likeness (QED) is 0.234. The van der Waals surface area contributed by atoms with Gasteiger partial charge in [0.1, 0.15) is 16.6 Å². The van der Waals surface area contributed by atoms with E-state index in [-0.39, 0.29) is 39.1 Å². The minimum Gasteiger partial charge on any atom is -0.351 e. The fourth-order valence-electron chi connectivity index (χ4n) is 7.51. The highest BCUT2D eigenvalue weighted by Gasteiger charge is 2.62. The number of nitrogens with one attached hydrogen (secondary N) is 2. The van der Waals surface area contributed by atoms with Crippen molar-refractivity contribution in [3.05, 3.63) is 71.1 Å². The molecule has 1 unspecified atom stereocenters. The van der Waals surface area contributed by atoms with E-state index in [0.29, 0.717) is 35.3 Å². The van der Waals surface area contributed by atoms with E-state index in [9.17, 15) is 25.6 Å². The molecule has 4 aliphatic carbocycles. The van der Waals surface area contributed by atoms with E-state index in [0.717, 1.165) is 42.5 Å². The Bertz CT molecular complexity index is 2110. The van der Waals surface area contributed by atoms with Crippen LogP contribution in [0.4, 0.5) is 24.8 Å². The van der Waals surface area contributed by atoms with Crippen LogP contribution in [0.3, 0.4) is 0 Å². The third-order valence-corrected chi connectivity index (χ3v) is 15.5. The standard InChI is InChI=1S/C31H28F3N5O4S3/c1-16-31(15-45(16,40)41)13-18(14-31)36-29-35-9-8-23(37-29)26-25(38-28(44-26)30-10-17(11-30)12-30)19-4-2-7-22(24(19)34)39-46(42,43)27-20(32)5-3-6-21(27)33/h2-9,16-18,39H,10-15H2,1H3,(H,35,36,37). The minimum absolute atomic E-state index is 0.00698. The number of thiazole rings is 1. The van der Waals surface area contributed by atoms with Crippen molar-refractivity contribution in [1.82, 2.24) is 15.0 Å². The maximum atomic E-state index is 16.2. The minimum atomic E-state index is -4.82. The summed E-state index contributed by atoms with van der Waals surface area (Å²) >= 11 is 1.42. The third-order valence-electron chi connectivity index (χ3n) is 10.2. The van der Waals surface area contributed by atoms with Crippen molar-refractivity contribution < 1.29 is 30.0 Å². The fourth-order valence-corrected chi connectivity index (χ4v) is 12.3. The molecule has 4 aromatic rings. The van der Waals surface area contributed by atoms with Crippen molar-refractivity contribution >= 4 is 42.8 Å². The number of rotatable bonds is 8. The van der Waals surface area contributed by atoms with Gasteiger partial charge in [0.25, 0.3) is 10.0 Å². The molecule has 46 heavy (non-hydrogen) atoms. The molecule has 4 saturated carbocycles. The summed E-state index contributed by atoms with van der Waals surface area (Å²) in [6, 6.07) is 8.47. The van der Waals surface area contributed by atoms with Gasteiger partial charge in [0.15, 0.2) is 20.5 Å². The molecule has 3 heterocycles. The Hall–Kier alpha value is -3.56. The van der Waals surface area contributed by atoms with E-state index in [1.54, 1.807) is 19.2 Å². The molecule has 1 saturated heterocycles. The van der Waals surface area contributed by atoms with Gasteiger partial charge in [-0.15, -0.1) is 11.3 Å². The van der Waals surface area contributed by atoms with E-state index in [1.807, 2.05) is 4.72 Å². The zero-order chi connectivity index (χ0) is 32.2. The smallest absolute Gasteiger partial charge is 0.267 e. The predicted molar refractivity (Wildman–Crippen MR) is 167 cm³/mol. The molecule has 240 valence electrons. The average molecular weight is 688 g/mol. The molecule has 9 nitrogen and oxygen atoms in total. The first-order valence-electron chi connectivity index (χ1n) is 14.9. The SMILES string of the molecule is CC1C2(CC(Nc3nccc(-c4sc(C56CC(C5)C6)nc4-c4cccc(NS(=O)(=O)c5c(F)cccc5F)c4F)n3)C2)CS1(=O)=O. The highest BCUT2D eigenvalue weighted by atomic mass is 32.2. The van der Waals surface area contributed by atoms with Gasteiger partial charge in [0.05, 0.1) is 33.0 Å². The zero-order valence-corrected chi connectivity index (χ0v) is 26.9. The summed E-state index contributed by atoms with van der Waals surface area (Å²) in [7, 11) is -7.82. The molecule has 1 aliphatic heterocycles. The second kappa shape index (κ2) is 9.97. The van der Waals surface area contributed by atoms with Crippen LogP contribution in [0.5, 0.6) is 0 Å². The van der Waals surface area contributed by atoms with Crippen LogP contribution in [0, 0.1) is 28.8 Å². The van der Waals surface area contributed by atoms with Crippen LogP contribution >= 0.6 is 11.3 Å². The number of aromatic nitrogens is 3. The van der Waals surface area contributed by atoms with Crippen molar-refractivity contribution in [2.45, 2.75) is 60.6 Å². The lowest BCUT2D eigenvalue weighted by Gasteiger charge is -2.60. The van der Waals surface area contributed by atoms with E-state index in [1.165, 1.54) is 29.5 Å². The van der Waals surface area contributed by atoms with Crippen LogP contribution in [0.25, 0.3) is 21.8 Å². The van der Waals surface area contributed by atoms with Crippen LogP contribution < -0.4 is 10.0 Å². The van der Waals surface area contributed by atoms with E-state index >= 15 is 4.39 Å². The lowest BCUT2D eigenvalue weighted by atomic mass is 9.45. The molecule has 5 aliphatic rings. The molecule has 9 rings (SSSR count). The number of hydrogen-bond acceptors (Lipinski definition) is 9. The summed E-state index contributed by atoms with van der Waals surface area (Å²) in [5, 5.41) is 3.81. The van der Waals surface area contributed by atoms with Crippen LogP contribution in [-0.4, -0.2) is 48.8 Å². The fraction of sp³-hybridized carbons (Fsp3) is 0.387. The maximum Gasteiger partial charge on any atom is 0.267 e. The van der Waals surface area contributed by atoms with Crippen molar-refractivity contribution in [2.75, 3.05) is 15.8 Å². The van der Waals surface area contributed by atoms with E-state index < -0.39 is 47.9 Å². The summed E-state index contributed by atoms with van der Waals surface area (Å²) in [5.41, 5.74) is 0.0407. The first-order valence-corrected chi connectivity index (χ1v) is 18.9. The summed E-state index contributed by atoms with van der Waals surface area (Å²) in [6.07, 6.45) is 6.00. The molecule has 1 atom stereocenters. The van der Waals surface area contributed by atoms with Gasteiger partial charge < -0.3 is 5.32 Å². The first-order chi connectivity index (χ1) is 21.8. The number of hydrogen-bond donors (Lipinski definition) is 2. The molecular weight excluding hydrogens is 660 g/mol. The molecule has 5 fully saturated rings. The second-order valence-corrected chi connectivity index (χ2v) is 18.0. The zero-order valence-electron chi connectivity index (χ0n) is 24.4. The predicted octanol–water partition coefficient (Wildman–Crippen LogP) is 5.91. The number of sulfonamides is 1. The van der Waals surface area contributed by atoms with Gasteiger partial charge in [-0.05, 0) is 75.3 Å². The van der Waals surface area contributed by atoms with E-state index in [2.05, 4.69) is 10.3 Å². The average Bonchev–Trinajstić information content (AvgIpc) is 3.35. The molecule has 0 amide bonds. The molecule has 0 radical (unpaired) electrons. The van der Waals surface area contributed by atoms with Gasteiger partial charge in [-0.25, -0.2) is 45.0 Å². The Kier molecular flexibility index (Phi) is 6.46. The summed E-state index contributed by atoms with van der Waals surface area (Å²) < 4.78 is 96.8. The molecule has 2 aromatic carbocycles. The summed E-state index contributed by atoms with van der Waals surface area (Å²) in [6.45, 7) is 1.76. The van der Waals surface area contributed by atoms with Gasteiger partial charge in [0, 0.05) is 28.6 Å². The number of halogens is 3. The molecule has 2 bridgehead atoms. The maximum absolute atomic E-state index is 16.2. The lowest BCUT2D eigenvalue weighted by molar-refractivity contribution is -0.0274. The number of sulfone groups is 1. The molecule has 1 spiro atoms. The van der Waals surface area contributed by atoms with Crippen molar-refractivity contribution in [3.63, 3.8) is 0 Å². The Morgan fingerprint density at radius 2 is 1.65 bits per heavy atom. The molecule has 2 aromatic heterocycles. The third kappa shape index (κ3) is 4.48. The Balaban J connectivity index is 1.12. The first kappa shape index (κ1) is 29.8. The Morgan fingerprint density at radius 1 is 0.957 bits per heavy atom. The topological polar surface area (TPSA) is 131 Å². The van der Waals surface area contributed by atoms with Gasteiger partial charge in [-0.1, -0.05) is 12.1 Å². The highest BCUT2D eigenvalue weighted by molar-refractivity contribution is 7.93. The highest BCUT2D eigenvalue weighted by Crippen LogP contribution is 2.66. The summed E-state index contributed by atoms with van der Waals surface area (Å²) in [4.78, 5) is 13.4. The van der Waals surface area contributed by atoms with Gasteiger partial charge >= 0.3 is 0 Å². The molecule has 2 N–H and O–H groups in total. The van der Waals surface area contributed by atoms with Gasteiger partial charge in [-0.3, -0.25) is 4.72 Å². The van der Waals surface area contributed by atoms with Gasteiger partial charge in [0.2, 0.25) is 5.95 Å². The van der Waals surface area contributed by atoms with E-state index in [4.69, 9.17) is 9.97 Å². The second-order valence-electron chi connectivity index (χ2n) is 13.1. The Morgan fingerprint density at radius 3 is 2.28 bits per heavy atom. The largest absolute Gasteiger partial charge is 0.351 e. The molecular formula is C31H28F3N5O4S3. The van der Waals surface area contributed by atoms with Crippen LogP contribution in [0.15, 0.2) is 53.6 Å². The van der Waals surface area contributed by atoms with Crippen molar-refractivity contribution in [3.8, 4) is 21.8 Å². The van der Waals surface area contributed by atoms with Crippen molar-refractivity contribution in [2.24, 2.45) is 11.3 Å². The monoisotopic (exact) mass is 687 g/mol. The normalized spacial score (nSPS) is 28.8. The Labute approximate surface area is 267 Å².